The number of ether oxygens (including phenoxy) is 1. The molecule has 5 heteroatoms. The third-order valence-corrected chi connectivity index (χ3v) is 4.13. The standard InChI is InChI=1S/C15H31N3O2/c1-5-7-16-14-6-9-18(11-12(14)2)13(3)15(19)17-8-10-20-4/h12-14,16H,5-11H2,1-4H3,(H,17,19). The monoisotopic (exact) mass is 285 g/mol. The molecular formula is C15H31N3O2. The Hall–Kier alpha value is -0.650. The summed E-state index contributed by atoms with van der Waals surface area (Å²) in [6.45, 7) is 10.7. The molecule has 1 heterocycles. The number of hydrogen-bond donors (Lipinski definition) is 2. The number of methoxy groups -OCH3 is 1. The second kappa shape index (κ2) is 9.32. The Morgan fingerprint density at radius 3 is 2.80 bits per heavy atom. The van der Waals surface area contributed by atoms with Gasteiger partial charge in [-0.2, -0.15) is 0 Å². The zero-order chi connectivity index (χ0) is 15.0. The van der Waals surface area contributed by atoms with Gasteiger partial charge >= 0.3 is 0 Å². The van der Waals surface area contributed by atoms with Gasteiger partial charge in [0.05, 0.1) is 12.6 Å². The molecule has 0 saturated carbocycles. The van der Waals surface area contributed by atoms with Crippen molar-refractivity contribution in [1.29, 1.82) is 0 Å². The van der Waals surface area contributed by atoms with Crippen LogP contribution in [0.2, 0.25) is 0 Å². The average molecular weight is 285 g/mol. The number of piperidine rings is 1. The molecule has 0 aromatic carbocycles. The lowest BCUT2D eigenvalue weighted by Crippen LogP contribution is -2.54. The number of nitrogens with one attached hydrogen (secondary N) is 2. The SMILES string of the molecule is CCCNC1CCN(C(C)C(=O)NCCOC)CC1C. The summed E-state index contributed by atoms with van der Waals surface area (Å²) in [6, 6.07) is 0.538. The number of likely N-dealkylation sites (tertiary alicyclic amines) is 1. The summed E-state index contributed by atoms with van der Waals surface area (Å²) in [5.41, 5.74) is 0. The van der Waals surface area contributed by atoms with E-state index in [4.69, 9.17) is 4.74 Å². The van der Waals surface area contributed by atoms with Crippen molar-refractivity contribution in [1.82, 2.24) is 15.5 Å². The minimum absolute atomic E-state index is 0.0542. The number of nitrogens with zero attached hydrogens (tertiary/aromatic N) is 1. The van der Waals surface area contributed by atoms with Gasteiger partial charge in [0, 0.05) is 32.8 Å². The van der Waals surface area contributed by atoms with Crippen molar-refractivity contribution < 1.29 is 9.53 Å². The highest BCUT2D eigenvalue weighted by molar-refractivity contribution is 5.81. The molecule has 1 aliphatic rings. The Kier molecular flexibility index (Phi) is 8.11. The topological polar surface area (TPSA) is 53.6 Å². The van der Waals surface area contributed by atoms with E-state index in [1.54, 1.807) is 7.11 Å². The van der Waals surface area contributed by atoms with Gasteiger partial charge in [0.15, 0.2) is 0 Å². The summed E-state index contributed by atoms with van der Waals surface area (Å²) in [5.74, 6) is 0.693. The van der Waals surface area contributed by atoms with Gasteiger partial charge in [-0.3, -0.25) is 9.69 Å². The van der Waals surface area contributed by atoms with E-state index in [1.807, 2.05) is 6.92 Å². The molecule has 3 unspecified atom stereocenters. The van der Waals surface area contributed by atoms with Gasteiger partial charge in [0.1, 0.15) is 0 Å². The minimum atomic E-state index is -0.0542. The Balaban J connectivity index is 2.36. The second-order valence-electron chi connectivity index (χ2n) is 5.78. The van der Waals surface area contributed by atoms with Crippen LogP contribution >= 0.6 is 0 Å². The van der Waals surface area contributed by atoms with Crippen LogP contribution in [0.25, 0.3) is 0 Å². The molecule has 0 aromatic heterocycles. The van der Waals surface area contributed by atoms with E-state index in [1.165, 1.54) is 6.42 Å². The lowest BCUT2D eigenvalue weighted by molar-refractivity contribution is -0.126. The number of carbonyl (C=O) groups is 1. The van der Waals surface area contributed by atoms with Crippen LogP contribution in [0.15, 0.2) is 0 Å². The fraction of sp³-hybridized carbons (Fsp3) is 0.933. The maximum absolute atomic E-state index is 12.1. The van der Waals surface area contributed by atoms with Crippen molar-refractivity contribution >= 4 is 5.91 Å². The highest BCUT2D eigenvalue weighted by atomic mass is 16.5. The van der Waals surface area contributed by atoms with Crippen molar-refractivity contribution in [3.8, 4) is 0 Å². The number of amides is 1. The van der Waals surface area contributed by atoms with Gasteiger partial charge in [0.2, 0.25) is 5.91 Å². The fourth-order valence-electron chi connectivity index (χ4n) is 2.75. The molecule has 1 aliphatic heterocycles. The first kappa shape index (κ1) is 17.4. The van der Waals surface area contributed by atoms with Crippen LogP contribution in [0.3, 0.4) is 0 Å². The van der Waals surface area contributed by atoms with Gasteiger partial charge in [-0.05, 0) is 32.2 Å². The highest BCUT2D eigenvalue weighted by Gasteiger charge is 2.30. The molecular weight excluding hydrogens is 254 g/mol. The number of rotatable bonds is 8. The maximum Gasteiger partial charge on any atom is 0.237 e. The molecule has 1 amide bonds. The second-order valence-corrected chi connectivity index (χ2v) is 5.78. The summed E-state index contributed by atoms with van der Waals surface area (Å²) in [6.07, 6.45) is 2.29. The van der Waals surface area contributed by atoms with E-state index in [2.05, 4.69) is 29.4 Å². The molecule has 2 N–H and O–H groups in total. The molecule has 0 bridgehead atoms. The summed E-state index contributed by atoms with van der Waals surface area (Å²) >= 11 is 0. The van der Waals surface area contributed by atoms with E-state index in [0.29, 0.717) is 25.1 Å². The van der Waals surface area contributed by atoms with Gasteiger partial charge in [-0.1, -0.05) is 13.8 Å². The molecule has 0 radical (unpaired) electrons. The first-order chi connectivity index (χ1) is 9.60. The highest BCUT2D eigenvalue weighted by Crippen LogP contribution is 2.18. The van der Waals surface area contributed by atoms with Gasteiger partial charge in [0.25, 0.3) is 0 Å². The third kappa shape index (κ3) is 5.38. The van der Waals surface area contributed by atoms with Crippen molar-refractivity contribution in [2.45, 2.75) is 45.7 Å². The van der Waals surface area contributed by atoms with E-state index in [-0.39, 0.29) is 11.9 Å². The van der Waals surface area contributed by atoms with Crippen molar-refractivity contribution in [2.75, 3.05) is 39.9 Å². The van der Waals surface area contributed by atoms with E-state index in [0.717, 1.165) is 26.1 Å². The molecule has 3 atom stereocenters. The molecule has 0 aliphatic carbocycles. The lowest BCUT2D eigenvalue weighted by Gasteiger charge is -2.39. The molecule has 1 fully saturated rings. The van der Waals surface area contributed by atoms with Gasteiger partial charge in [-0.25, -0.2) is 0 Å². The summed E-state index contributed by atoms with van der Waals surface area (Å²) < 4.78 is 4.95. The predicted octanol–water partition coefficient (Wildman–Crippen LogP) is 0.848. The van der Waals surface area contributed by atoms with Crippen molar-refractivity contribution in [3.05, 3.63) is 0 Å². The Morgan fingerprint density at radius 1 is 1.45 bits per heavy atom. The zero-order valence-electron chi connectivity index (χ0n) is 13.4. The first-order valence-corrected chi connectivity index (χ1v) is 7.84. The van der Waals surface area contributed by atoms with Gasteiger partial charge in [-0.15, -0.1) is 0 Å². The molecule has 20 heavy (non-hydrogen) atoms. The third-order valence-electron chi connectivity index (χ3n) is 4.13. The fourth-order valence-corrected chi connectivity index (χ4v) is 2.75. The van der Waals surface area contributed by atoms with Crippen LogP contribution in [0.5, 0.6) is 0 Å². The molecule has 0 spiro atoms. The molecule has 0 aromatic rings. The Labute approximate surface area is 123 Å². The van der Waals surface area contributed by atoms with E-state index in [9.17, 15) is 4.79 Å². The summed E-state index contributed by atoms with van der Waals surface area (Å²) in [5, 5.41) is 6.53. The minimum Gasteiger partial charge on any atom is -0.383 e. The quantitative estimate of drug-likeness (QED) is 0.649. The lowest BCUT2D eigenvalue weighted by atomic mass is 9.92. The number of hydrogen-bond acceptors (Lipinski definition) is 4. The van der Waals surface area contributed by atoms with E-state index < -0.39 is 0 Å². The van der Waals surface area contributed by atoms with Crippen molar-refractivity contribution in [3.63, 3.8) is 0 Å². The maximum atomic E-state index is 12.1. The largest absolute Gasteiger partial charge is 0.383 e. The predicted molar refractivity (Wildman–Crippen MR) is 81.8 cm³/mol. The molecule has 118 valence electrons. The van der Waals surface area contributed by atoms with Crippen LogP contribution in [-0.4, -0.2) is 62.8 Å². The first-order valence-electron chi connectivity index (χ1n) is 7.84. The summed E-state index contributed by atoms with van der Waals surface area (Å²) in [4.78, 5) is 14.3. The van der Waals surface area contributed by atoms with Crippen LogP contribution in [0.1, 0.15) is 33.6 Å². The Bertz CT molecular complexity index is 286. The molecule has 5 nitrogen and oxygen atoms in total. The zero-order valence-corrected chi connectivity index (χ0v) is 13.4. The normalized spacial score (nSPS) is 25.4. The molecule has 1 rings (SSSR count). The smallest absolute Gasteiger partial charge is 0.237 e. The Morgan fingerprint density at radius 2 is 2.20 bits per heavy atom. The number of carbonyl (C=O) groups excluding carboxylic acids is 1. The van der Waals surface area contributed by atoms with E-state index >= 15 is 0 Å². The van der Waals surface area contributed by atoms with Crippen LogP contribution in [-0.2, 0) is 9.53 Å². The van der Waals surface area contributed by atoms with Gasteiger partial charge < -0.3 is 15.4 Å². The molecule has 1 saturated heterocycles. The van der Waals surface area contributed by atoms with Crippen LogP contribution in [0, 0.1) is 5.92 Å². The van der Waals surface area contributed by atoms with Crippen LogP contribution < -0.4 is 10.6 Å². The van der Waals surface area contributed by atoms with Crippen LogP contribution in [0.4, 0.5) is 0 Å². The average Bonchev–Trinajstić information content (AvgIpc) is 2.45. The van der Waals surface area contributed by atoms with Crippen molar-refractivity contribution in [2.24, 2.45) is 5.92 Å². The summed E-state index contributed by atoms with van der Waals surface area (Å²) in [7, 11) is 1.64.